The van der Waals surface area contributed by atoms with Gasteiger partial charge >= 0.3 is 0 Å². The molecule has 0 aliphatic carbocycles. The molecule has 2 aromatic rings. The third-order valence-electron chi connectivity index (χ3n) is 3.21. The van der Waals surface area contributed by atoms with E-state index in [0.717, 1.165) is 11.1 Å². The molecule has 0 saturated carbocycles. The molecule has 0 heterocycles. The van der Waals surface area contributed by atoms with Crippen LogP contribution in [-0.4, -0.2) is 7.11 Å². The van der Waals surface area contributed by atoms with Gasteiger partial charge in [-0.3, -0.25) is 0 Å². The summed E-state index contributed by atoms with van der Waals surface area (Å²) in [5.74, 6) is -0.567. The molecule has 0 saturated heterocycles. The first kappa shape index (κ1) is 15.7. The van der Waals surface area contributed by atoms with Gasteiger partial charge in [-0.25, -0.2) is 8.78 Å². The highest BCUT2D eigenvalue weighted by Gasteiger charge is 2.09. The van der Waals surface area contributed by atoms with Crippen LogP contribution in [0.3, 0.4) is 0 Å². The number of ether oxygens (including phenoxy) is 1. The summed E-state index contributed by atoms with van der Waals surface area (Å²) in [6.07, 6.45) is 0. The van der Waals surface area contributed by atoms with Gasteiger partial charge in [-0.15, -0.1) is 0 Å². The molecule has 21 heavy (non-hydrogen) atoms. The van der Waals surface area contributed by atoms with E-state index in [1.54, 1.807) is 18.2 Å². The van der Waals surface area contributed by atoms with E-state index in [-0.39, 0.29) is 17.6 Å². The highest BCUT2D eigenvalue weighted by Crippen LogP contribution is 2.22. The summed E-state index contributed by atoms with van der Waals surface area (Å²) < 4.78 is 31.8. The Labute approximate surface area is 127 Å². The molecule has 1 unspecified atom stereocenters. The monoisotopic (exact) mass is 311 g/mol. The van der Waals surface area contributed by atoms with E-state index < -0.39 is 5.82 Å². The lowest BCUT2D eigenvalue weighted by Gasteiger charge is -2.15. The largest absolute Gasteiger partial charge is 0.494 e. The molecule has 0 aliphatic heterocycles. The van der Waals surface area contributed by atoms with Gasteiger partial charge < -0.3 is 10.1 Å². The van der Waals surface area contributed by atoms with Crippen LogP contribution >= 0.6 is 11.6 Å². The van der Waals surface area contributed by atoms with E-state index >= 15 is 0 Å². The molecule has 112 valence electrons. The van der Waals surface area contributed by atoms with Crippen LogP contribution in [0.25, 0.3) is 0 Å². The van der Waals surface area contributed by atoms with Crippen LogP contribution in [0.1, 0.15) is 24.1 Å². The number of methoxy groups -OCH3 is 1. The molecule has 1 atom stereocenters. The molecule has 1 N–H and O–H groups in total. The molecule has 0 aromatic heterocycles. The molecule has 0 radical (unpaired) electrons. The second kappa shape index (κ2) is 6.87. The minimum Gasteiger partial charge on any atom is -0.494 e. The molecule has 0 fully saturated rings. The third kappa shape index (κ3) is 4.16. The van der Waals surface area contributed by atoms with Crippen molar-refractivity contribution in [3.8, 4) is 5.75 Å². The number of hydrogen-bond acceptors (Lipinski definition) is 2. The van der Waals surface area contributed by atoms with Gasteiger partial charge in [0.25, 0.3) is 0 Å². The summed E-state index contributed by atoms with van der Waals surface area (Å²) in [6, 6.07) is 9.08. The Hall–Kier alpha value is -1.65. The average molecular weight is 312 g/mol. The Morgan fingerprint density at radius 1 is 1.19 bits per heavy atom. The van der Waals surface area contributed by atoms with Gasteiger partial charge in [-0.05, 0) is 48.4 Å². The molecule has 0 spiro atoms. The second-order valence-electron chi connectivity index (χ2n) is 4.77. The zero-order chi connectivity index (χ0) is 15.4. The minimum absolute atomic E-state index is 0.0903. The average Bonchev–Trinajstić information content (AvgIpc) is 2.43. The lowest BCUT2D eigenvalue weighted by atomic mass is 10.1. The Morgan fingerprint density at radius 3 is 2.57 bits per heavy atom. The fraction of sp³-hybridized carbons (Fsp3) is 0.250. The number of hydrogen-bond donors (Lipinski definition) is 1. The molecular weight excluding hydrogens is 296 g/mol. The summed E-state index contributed by atoms with van der Waals surface area (Å²) in [4.78, 5) is 0. The number of rotatable bonds is 5. The fourth-order valence-corrected chi connectivity index (χ4v) is 2.30. The van der Waals surface area contributed by atoms with E-state index in [9.17, 15) is 8.78 Å². The van der Waals surface area contributed by atoms with Crippen molar-refractivity contribution in [2.45, 2.75) is 19.5 Å². The lowest BCUT2D eigenvalue weighted by Crippen LogP contribution is -2.18. The van der Waals surface area contributed by atoms with Gasteiger partial charge in [-0.2, -0.15) is 0 Å². The normalized spacial score (nSPS) is 12.2. The van der Waals surface area contributed by atoms with Crippen molar-refractivity contribution in [1.29, 1.82) is 0 Å². The van der Waals surface area contributed by atoms with E-state index in [1.807, 2.05) is 6.92 Å². The predicted octanol–water partition coefficient (Wildman–Crippen LogP) is 4.48. The van der Waals surface area contributed by atoms with E-state index in [2.05, 4.69) is 5.32 Å². The Balaban J connectivity index is 2.04. The maximum absolute atomic E-state index is 13.7. The summed E-state index contributed by atoms with van der Waals surface area (Å²) in [6.45, 7) is 2.34. The number of nitrogens with one attached hydrogen (secondary N) is 1. The number of halogens is 3. The highest BCUT2D eigenvalue weighted by atomic mass is 35.5. The topological polar surface area (TPSA) is 21.3 Å². The van der Waals surface area contributed by atoms with Crippen LogP contribution < -0.4 is 10.1 Å². The van der Waals surface area contributed by atoms with Crippen LogP contribution in [0.2, 0.25) is 5.02 Å². The van der Waals surface area contributed by atoms with Gasteiger partial charge in [-0.1, -0.05) is 17.7 Å². The minimum atomic E-state index is -0.405. The van der Waals surface area contributed by atoms with Crippen molar-refractivity contribution >= 4 is 11.6 Å². The first-order valence-electron chi connectivity index (χ1n) is 6.51. The van der Waals surface area contributed by atoms with E-state index in [0.29, 0.717) is 11.6 Å². The molecule has 2 aromatic carbocycles. The van der Waals surface area contributed by atoms with Gasteiger partial charge in [0.05, 0.1) is 7.11 Å². The third-order valence-corrected chi connectivity index (χ3v) is 3.43. The van der Waals surface area contributed by atoms with Crippen molar-refractivity contribution in [2.75, 3.05) is 7.11 Å². The fourth-order valence-electron chi connectivity index (χ4n) is 2.05. The molecule has 0 amide bonds. The van der Waals surface area contributed by atoms with Gasteiger partial charge in [0.15, 0.2) is 11.6 Å². The predicted molar refractivity (Wildman–Crippen MR) is 79.6 cm³/mol. The maximum atomic E-state index is 13.7. The van der Waals surface area contributed by atoms with Crippen LogP contribution in [0, 0.1) is 11.6 Å². The van der Waals surface area contributed by atoms with Crippen molar-refractivity contribution in [2.24, 2.45) is 0 Å². The molecule has 2 nitrogen and oxygen atoms in total. The van der Waals surface area contributed by atoms with Crippen LogP contribution in [0.5, 0.6) is 5.75 Å². The van der Waals surface area contributed by atoms with Crippen molar-refractivity contribution in [3.05, 3.63) is 64.2 Å². The van der Waals surface area contributed by atoms with Crippen LogP contribution in [0.4, 0.5) is 8.78 Å². The second-order valence-corrected chi connectivity index (χ2v) is 5.21. The zero-order valence-corrected chi connectivity index (χ0v) is 12.5. The molecule has 0 aliphatic rings. The number of benzene rings is 2. The first-order chi connectivity index (χ1) is 9.99. The molecular formula is C16H16ClF2NO. The summed E-state index contributed by atoms with van der Waals surface area (Å²) in [5.41, 5.74) is 1.52. The lowest BCUT2D eigenvalue weighted by molar-refractivity contribution is 0.385. The maximum Gasteiger partial charge on any atom is 0.165 e. The van der Waals surface area contributed by atoms with E-state index in [1.165, 1.54) is 25.3 Å². The Kier molecular flexibility index (Phi) is 5.15. The van der Waals surface area contributed by atoms with Crippen molar-refractivity contribution in [3.63, 3.8) is 0 Å². The SMILES string of the molecule is COc1ccc(C(C)NCc2cc(F)cc(Cl)c2)cc1F. The van der Waals surface area contributed by atoms with Gasteiger partial charge in [0, 0.05) is 17.6 Å². The highest BCUT2D eigenvalue weighted by molar-refractivity contribution is 6.30. The smallest absolute Gasteiger partial charge is 0.165 e. The quantitative estimate of drug-likeness (QED) is 0.879. The molecule has 2 rings (SSSR count). The van der Waals surface area contributed by atoms with Gasteiger partial charge in [0.2, 0.25) is 0 Å². The summed E-state index contributed by atoms with van der Waals surface area (Å²) >= 11 is 5.81. The van der Waals surface area contributed by atoms with E-state index in [4.69, 9.17) is 16.3 Å². The molecule has 0 bridgehead atoms. The van der Waals surface area contributed by atoms with Crippen LogP contribution in [0.15, 0.2) is 36.4 Å². The van der Waals surface area contributed by atoms with Gasteiger partial charge in [0.1, 0.15) is 5.82 Å². The molecule has 5 heteroatoms. The van der Waals surface area contributed by atoms with Crippen molar-refractivity contribution in [1.82, 2.24) is 5.32 Å². The first-order valence-corrected chi connectivity index (χ1v) is 6.89. The Morgan fingerprint density at radius 2 is 1.95 bits per heavy atom. The summed E-state index contributed by atoms with van der Waals surface area (Å²) in [7, 11) is 1.42. The van der Waals surface area contributed by atoms with Crippen LogP contribution in [-0.2, 0) is 6.54 Å². The van der Waals surface area contributed by atoms with Crippen molar-refractivity contribution < 1.29 is 13.5 Å². The zero-order valence-electron chi connectivity index (χ0n) is 11.8. The standard InChI is InChI=1S/C16H16ClF2NO/c1-10(12-3-4-16(21-2)15(19)7-12)20-9-11-5-13(17)8-14(18)6-11/h3-8,10,20H,9H2,1-2H3. The summed E-state index contributed by atoms with van der Waals surface area (Å²) in [5, 5.41) is 3.56. The Bertz CT molecular complexity index is 613.